The molecule has 2 aromatic carbocycles. The summed E-state index contributed by atoms with van der Waals surface area (Å²) >= 11 is 0. The third kappa shape index (κ3) is 5.19. The highest BCUT2D eigenvalue weighted by molar-refractivity contribution is 6.08. The van der Waals surface area contributed by atoms with Crippen LogP contribution in [0.3, 0.4) is 0 Å². The zero-order chi connectivity index (χ0) is 20.6. The van der Waals surface area contributed by atoms with Crippen molar-refractivity contribution < 1.29 is 28.2 Å². The van der Waals surface area contributed by atoms with E-state index in [1.165, 1.54) is 13.2 Å². The van der Waals surface area contributed by atoms with Crippen molar-refractivity contribution in [2.75, 3.05) is 21.3 Å². The molecular formula is C23H22O6. The smallest absolute Gasteiger partial charge is 0.189 e. The molecule has 6 heteroatoms. The summed E-state index contributed by atoms with van der Waals surface area (Å²) in [4.78, 5) is 12.5. The number of carbonyl (C=O) groups excluding carboxylic acids is 1. The molecule has 1 aromatic heterocycles. The molecule has 0 saturated heterocycles. The summed E-state index contributed by atoms with van der Waals surface area (Å²) < 4.78 is 26.9. The van der Waals surface area contributed by atoms with E-state index in [1.54, 1.807) is 50.6 Å². The standard InChI is InChI=1S/C23H22O6/c1-25-16-4-6-17(7-5-16)28-15-20-9-8-18(29-20)10-12-22(24)21-14-19(26-2)11-13-23(21)27-3/h4-14H,15H2,1-3H3/b12-10+. The van der Waals surface area contributed by atoms with E-state index in [9.17, 15) is 4.79 Å². The van der Waals surface area contributed by atoms with Crippen LogP contribution in [0.1, 0.15) is 21.9 Å². The van der Waals surface area contributed by atoms with Gasteiger partial charge >= 0.3 is 0 Å². The van der Waals surface area contributed by atoms with Crippen LogP contribution in [-0.2, 0) is 6.61 Å². The van der Waals surface area contributed by atoms with Gasteiger partial charge in [0, 0.05) is 0 Å². The Hall–Kier alpha value is -3.67. The van der Waals surface area contributed by atoms with Gasteiger partial charge in [-0.25, -0.2) is 0 Å². The minimum Gasteiger partial charge on any atom is -0.497 e. The summed E-state index contributed by atoms with van der Waals surface area (Å²) in [6, 6.07) is 15.9. The van der Waals surface area contributed by atoms with Crippen LogP contribution in [-0.4, -0.2) is 27.1 Å². The number of ketones is 1. The van der Waals surface area contributed by atoms with E-state index in [4.69, 9.17) is 23.4 Å². The maximum atomic E-state index is 12.5. The van der Waals surface area contributed by atoms with Gasteiger partial charge in [-0.05, 0) is 66.7 Å². The second-order valence-electron chi connectivity index (χ2n) is 6.03. The van der Waals surface area contributed by atoms with Gasteiger partial charge < -0.3 is 23.4 Å². The lowest BCUT2D eigenvalue weighted by Gasteiger charge is -2.07. The molecule has 150 valence electrons. The van der Waals surface area contributed by atoms with Crippen molar-refractivity contribution in [3.8, 4) is 23.0 Å². The molecule has 0 radical (unpaired) electrons. The number of benzene rings is 2. The number of allylic oxidation sites excluding steroid dienone is 1. The van der Waals surface area contributed by atoms with Crippen molar-refractivity contribution in [3.05, 3.63) is 77.8 Å². The van der Waals surface area contributed by atoms with E-state index in [0.717, 1.165) is 5.75 Å². The molecule has 3 aromatic rings. The molecule has 0 N–H and O–H groups in total. The predicted molar refractivity (Wildman–Crippen MR) is 109 cm³/mol. The Bertz CT molecular complexity index is 985. The van der Waals surface area contributed by atoms with Crippen LogP contribution in [0, 0.1) is 0 Å². The van der Waals surface area contributed by atoms with Crippen LogP contribution in [0.5, 0.6) is 23.0 Å². The summed E-state index contributed by atoms with van der Waals surface area (Å²) in [5.41, 5.74) is 0.415. The zero-order valence-electron chi connectivity index (χ0n) is 16.5. The molecule has 0 fully saturated rings. The lowest BCUT2D eigenvalue weighted by molar-refractivity contribution is 0.104. The Balaban J connectivity index is 1.63. The van der Waals surface area contributed by atoms with Crippen LogP contribution in [0.2, 0.25) is 0 Å². The topological polar surface area (TPSA) is 67.1 Å². The largest absolute Gasteiger partial charge is 0.497 e. The highest BCUT2D eigenvalue weighted by Gasteiger charge is 2.11. The summed E-state index contributed by atoms with van der Waals surface area (Å²) in [6.45, 7) is 0.276. The van der Waals surface area contributed by atoms with E-state index in [-0.39, 0.29) is 12.4 Å². The van der Waals surface area contributed by atoms with Crippen LogP contribution in [0.15, 0.2) is 65.1 Å². The average Bonchev–Trinajstić information content (AvgIpc) is 3.23. The number of hydrogen-bond acceptors (Lipinski definition) is 6. The molecule has 0 aliphatic rings. The number of carbonyl (C=O) groups is 1. The molecule has 6 nitrogen and oxygen atoms in total. The van der Waals surface area contributed by atoms with Gasteiger partial charge in [0.15, 0.2) is 5.78 Å². The Kier molecular flexibility index (Phi) is 6.58. The summed E-state index contributed by atoms with van der Waals surface area (Å²) in [5.74, 6) is 3.51. The van der Waals surface area contributed by atoms with Gasteiger partial charge in [-0.1, -0.05) is 0 Å². The fraction of sp³-hybridized carbons (Fsp3) is 0.174. The normalized spacial score (nSPS) is 10.7. The molecule has 1 heterocycles. The fourth-order valence-electron chi connectivity index (χ4n) is 2.64. The monoisotopic (exact) mass is 394 g/mol. The minimum atomic E-state index is -0.215. The lowest BCUT2D eigenvalue weighted by atomic mass is 10.1. The maximum Gasteiger partial charge on any atom is 0.189 e. The third-order valence-corrected chi connectivity index (χ3v) is 4.19. The van der Waals surface area contributed by atoms with Crippen molar-refractivity contribution in [2.45, 2.75) is 6.61 Å². The van der Waals surface area contributed by atoms with Crippen LogP contribution in [0.25, 0.3) is 6.08 Å². The third-order valence-electron chi connectivity index (χ3n) is 4.19. The van der Waals surface area contributed by atoms with Gasteiger partial charge in [-0.2, -0.15) is 0 Å². The number of hydrogen-bond donors (Lipinski definition) is 0. The van der Waals surface area contributed by atoms with Crippen LogP contribution < -0.4 is 18.9 Å². The van der Waals surface area contributed by atoms with E-state index in [2.05, 4.69) is 0 Å². The average molecular weight is 394 g/mol. The minimum absolute atomic E-state index is 0.215. The van der Waals surface area contributed by atoms with E-state index in [1.807, 2.05) is 24.3 Å². The summed E-state index contributed by atoms with van der Waals surface area (Å²) in [5, 5.41) is 0. The van der Waals surface area contributed by atoms with Crippen molar-refractivity contribution in [2.24, 2.45) is 0 Å². The Morgan fingerprint density at radius 2 is 1.55 bits per heavy atom. The first kappa shape index (κ1) is 20.1. The van der Waals surface area contributed by atoms with Crippen LogP contribution >= 0.6 is 0 Å². The number of furan rings is 1. The van der Waals surface area contributed by atoms with Crippen LogP contribution in [0.4, 0.5) is 0 Å². The molecule has 0 spiro atoms. The Morgan fingerprint density at radius 3 is 2.24 bits per heavy atom. The van der Waals surface area contributed by atoms with Gasteiger partial charge in [0.05, 0.1) is 26.9 Å². The van der Waals surface area contributed by atoms with Crippen molar-refractivity contribution in [3.63, 3.8) is 0 Å². The van der Waals surface area contributed by atoms with E-state index in [0.29, 0.717) is 34.3 Å². The van der Waals surface area contributed by atoms with Crippen molar-refractivity contribution in [1.29, 1.82) is 0 Å². The molecule has 0 saturated carbocycles. The first-order valence-corrected chi connectivity index (χ1v) is 8.93. The molecule has 0 bridgehead atoms. The highest BCUT2D eigenvalue weighted by atomic mass is 16.5. The molecular weight excluding hydrogens is 372 g/mol. The second kappa shape index (κ2) is 9.50. The SMILES string of the molecule is COc1ccc(OCc2ccc(/C=C/C(=O)c3cc(OC)ccc3OC)o2)cc1. The van der Waals surface area contributed by atoms with Gasteiger partial charge in [0.25, 0.3) is 0 Å². The van der Waals surface area contributed by atoms with Gasteiger partial charge in [-0.3, -0.25) is 4.79 Å². The fourth-order valence-corrected chi connectivity index (χ4v) is 2.64. The summed E-state index contributed by atoms with van der Waals surface area (Å²) in [6.07, 6.45) is 3.04. The lowest BCUT2D eigenvalue weighted by Crippen LogP contribution is -1.99. The number of rotatable bonds is 9. The second-order valence-corrected chi connectivity index (χ2v) is 6.03. The van der Waals surface area contributed by atoms with E-state index < -0.39 is 0 Å². The van der Waals surface area contributed by atoms with Gasteiger partial charge in [0.2, 0.25) is 0 Å². The first-order valence-electron chi connectivity index (χ1n) is 8.93. The molecule has 3 rings (SSSR count). The zero-order valence-corrected chi connectivity index (χ0v) is 16.5. The van der Waals surface area contributed by atoms with Gasteiger partial charge in [0.1, 0.15) is 41.1 Å². The molecule has 0 aliphatic heterocycles. The molecule has 0 amide bonds. The molecule has 0 aliphatic carbocycles. The summed E-state index contributed by atoms with van der Waals surface area (Å²) in [7, 11) is 4.68. The molecule has 0 unspecified atom stereocenters. The van der Waals surface area contributed by atoms with E-state index >= 15 is 0 Å². The number of ether oxygens (including phenoxy) is 4. The number of methoxy groups -OCH3 is 3. The predicted octanol–water partition coefficient (Wildman–Crippen LogP) is 4.78. The maximum absolute atomic E-state index is 12.5. The molecule has 29 heavy (non-hydrogen) atoms. The Morgan fingerprint density at radius 1 is 0.862 bits per heavy atom. The van der Waals surface area contributed by atoms with Gasteiger partial charge in [-0.15, -0.1) is 0 Å². The molecule has 0 atom stereocenters. The quantitative estimate of drug-likeness (QED) is 0.384. The van der Waals surface area contributed by atoms with Crippen molar-refractivity contribution in [1.82, 2.24) is 0 Å². The Labute approximate surface area is 169 Å². The highest BCUT2D eigenvalue weighted by Crippen LogP contribution is 2.25. The first-order chi connectivity index (χ1) is 14.1. The van der Waals surface area contributed by atoms with Crippen molar-refractivity contribution >= 4 is 11.9 Å².